The number of aromatic nitrogens is 2. The lowest BCUT2D eigenvalue weighted by molar-refractivity contribution is -0.662. The summed E-state index contributed by atoms with van der Waals surface area (Å²) in [6.07, 6.45) is 1.93. The van der Waals surface area contributed by atoms with Gasteiger partial charge in [0.05, 0.1) is 12.4 Å². The van der Waals surface area contributed by atoms with Crippen LogP contribution in [0.2, 0.25) is 0 Å². The van der Waals surface area contributed by atoms with Gasteiger partial charge in [0.2, 0.25) is 0 Å². The first kappa shape index (κ1) is 14.8. The molecule has 118 valence electrons. The summed E-state index contributed by atoms with van der Waals surface area (Å²) < 4.78 is 2.14. The van der Waals surface area contributed by atoms with Gasteiger partial charge in [-0.25, -0.2) is 4.57 Å². The molecule has 0 radical (unpaired) electrons. The van der Waals surface area contributed by atoms with E-state index >= 15 is 0 Å². The number of hydrogen-bond acceptors (Lipinski definition) is 1. The highest BCUT2D eigenvalue weighted by molar-refractivity contribution is 6.04. The van der Waals surface area contributed by atoms with Crippen LogP contribution in [-0.4, -0.2) is 4.98 Å². The fraction of sp³-hybridized carbons (Fsp3) is 0.182. The van der Waals surface area contributed by atoms with Crippen molar-refractivity contribution >= 4 is 21.7 Å². The van der Waals surface area contributed by atoms with Crippen molar-refractivity contribution in [2.45, 2.75) is 20.8 Å². The van der Waals surface area contributed by atoms with E-state index < -0.39 is 0 Å². The van der Waals surface area contributed by atoms with Crippen molar-refractivity contribution in [2.75, 3.05) is 0 Å². The van der Waals surface area contributed by atoms with Crippen LogP contribution in [0, 0.1) is 20.8 Å². The summed E-state index contributed by atoms with van der Waals surface area (Å²) in [4.78, 5) is 4.73. The molecule has 4 rings (SSSR count). The highest BCUT2D eigenvalue weighted by atomic mass is 15.0. The smallest absolute Gasteiger partial charge is 0.232 e. The molecule has 0 spiro atoms. The second-order valence-electron chi connectivity index (χ2n) is 6.57. The van der Waals surface area contributed by atoms with Crippen LogP contribution in [0.15, 0.2) is 54.9 Å². The summed E-state index contributed by atoms with van der Waals surface area (Å²) in [5.74, 6) is 0. The number of fused-ring (bicyclic) bond motifs is 2. The maximum absolute atomic E-state index is 4.73. The molecule has 3 aromatic carbocycles. The molecule has 2 heteroatoms. The summed E-state index contributed by atoms with van der Waals surface area (Å²) in [5, 5.41) is 3.75. The Balaban J connectivity index is 2.19. The van der Waals surface area contributed by atoms with Gasteiger partial charge in [-0.15, -0.1) is 0 Å². The second kappa shape index (κ2) is 5.41. The van der Waals surface area contributed by atoms with E-state index in [1.54, 1.807) is 0 Å². The highest BCUT2D eigenvalue weighted by Crippen LogP contribution is 2.33. The van der Waals surface area contributed by atoms with E-state index in [-0.39, 0.29) is 0 Å². The molecule has 4 aromatic rings. The summed E-state index contributed by atoms with van der Waals surface area (Å²) in [5.41, 5.74) is 7.48. The van der Waals surface area contributed by atoms with Gasteiger partial charge in [0.1, 0.15) is 5.69 Å². The van der Waals surface area contributed by atoms with E-state index in [2.05, 4.69) is 80.9 Å². The van der Waals surface area contributed by atoms with Gasteiger partial charge >= 0.3 is 0 Å². The fourth-order valence-electron chi connectivity index (χ4n) is 3.60. The standard InChI is InChI=1S/C22H21N2/c1-14-8-7-11-19(15(14)2)22-20-12-17-9-5-6-10-18(17)16(3)21(20)23-13-24(22)4/h5-13H,1-4H3/q+1. The molecule has 0 fully saturated rings. The van der Waals surface area contributed by atoms with Gasteiger partial charge in [0, 0.05) is 11.1 Å². The molecule has 0 aliphatic carbocycles. The molecule has 0 aliphatic rings. The van der Waals surface area contributed by atoms with Gasteiger partial charge < -0.3 is 0 Å². The average molecular weight is 313 g/mol. The minimum atomic E-state index is 1.09. The molecule has 0 N–H and O–H groups in total. The first-order valence-electron chi connectivity index (χ1n) is 8.31. The average Bonchev–Trinajstić information content (AvgIpc) is 2.58. The molecule has 2 nitrogen and oxygen atoms in total. The molecule has 0 saturated heterocycles. The molecule has 0 unspecified atom stereocenters. The maximum atomic E-state index is 4.73. The van der Waals surface area contributed by atoms with Gasteiger partial charge in [-0.05, 0) is 53.7 Å². The Kier molecular flexibility index (Phi) is 3.34. The van der Waals surface area contributed by atoms with Crippen molar-refractivity contribution in [2.24, 2.45) is 7.05 Å². The lowest BCUT2D eigenvalue weighted by atomic mass is 9.95. The number of benzene rings is 3. The first-order valence-corrected chi connectivity index (χ1v) is 8.31. The summed E-state index contributed by atoms with van der Waals surface area (Å²) in [6.45, 7) is 6.54. The van der Waals surface area contributed by atoms with E-state index in [1.165, 1.54) is 44.1 Å². The topological polar surface area (TPSA) is 16.8 Å². The second-order valence-corrected chi connectivity index (χ2v) is 6.57. The molecule has 24 heavy (non-hydrogen) atoms. The summed E-state index contributed by atoms with van der Waals surface area (Å²) in [7, 11) is 2.08. The largest absolute Gasteiger partial charge is 0.287 e. The Labute approximate surface area is 142 Å². The van der Waals surface area contributed by atoms with Gasteiger partial charge in [-0.3, -0.25) is 0 Å². The third kappa shape index (κ3) is 2.10. The fourth-order valence-corrected chi connectivity index (χ4v) is 3.60. The van der Waals surface area contributed by atoms with Crippen LogP contribution in [0.1, 0.15) is 16.7 Å². The monoisotopic (exact) mass is 313 g/mol. The van der Waals surface area contributed by atoms with E-state index in [4.69, 9.17) is 4.98 Å². The quantitative estimate of drug-likeness (QED) is 0.364. The zero-order valence-corrected chi connectivity index (χ0v) is 14.6. The molecule has 0 bridgehead atoms. The predicted octanol–water partition coefficient (Wildman–Crippen LogP) is 4.80. The third-order valence-corrected chi connectivity index (χ3v) is 5.10. The Morgan fingerprint density at radius 2 is 1.62 bits per heavy atom. The molecular weight excluding hydrogens is 292 g/mol. The first-order chi connectivity index (χ1) is 11.6. The normalized spacial score (nSPS) is 11.3. The third-order valence-electron chi connectivity index (χ3n) is 5.10. The number of hydrogen-bond donors (Lipinski definition) is 0. The molecular formula is C22H21N2+. The number of rotatable bonds is 1. The van der Waals surface area contributed by atoms with Crippen molar-refractivity contribution < 1.29 is 4.57 Å². The van der Waals surface area contributed by atoms with Gasteiger partial charge in [0.25, 0.3) is 6.33 Å². The Hall–Kier alpha value is -2.74. The van der Waals surface area contributed by atoms with Crippen molar-refractivity contribution in [3.63, 3.8) is 0 Å². The van der Waals surface area contributed by atoms with Gasteiger partial charge in [-0.2, -0.15) is 0 Å². The number of nitrogens with zero attached hydrogens (tertiary/aromatic N) is 2. The molecule has 0 saturated carbocycles. The maximum Gasteiger partial charge on any atom is 0.287 e. The van der Waals surface area contributed by atoms with Crippen LogP contribution in [0.25, 0.3) is 32.9 Å². The number of aryl methyl sites for hydroxylation is 3. The predicted molar refractivity (Wildman–Crippen MR) is 100 cm³/mol. The van der Waals surface area contributed by atoms with E-state index in [9.17, 15) is 0 Å². The van der Waals surface area contributed by atoms with E-state index in [0.29, 0.717) is 0 Å². The lowest BCUT2D eigenvalue weighted by Crippen LogP contribution is -2.32. The zero-order chi connectivity index (χ0) is 16.8. The van der Waals surface area contributed by atoms with Crippen LogP contribution in [0.3, 0.4) is 0 Å². The van der Waals surface area contributed by atoms with E-state index in [0.717, 1.165) is 5.52 Å². The molecule has 0 atom stereocenters. The Bertz CT molecular complexity index is 1090. The van der Waals surface area contributed by atoms with Crippen LogP contribution in [0.4, 0.5) is 0 Å². The Morgan fingerprint density at radius 3 is 2.46 bits per heavy atom. The minimum Gasteiger partial charge on any atom is -0.232 e. The Morgan fingerprint density at radius 1 is 0.833 bits per heavy atom. The van der Waals surface area contributed by atoms with E-state index in [1.807, 2.05) is 6.33 Å². The summed E-state index contributed by atoms with van der Waals surface area (Å²) in [6, 6.07) is 17.3. The lowest BCUT2D eigenvalue weighted by Gasteiger charge is -2.12. The van der Waals surface area contributed by atoms with Crippen molar-refractivity contribution in [1.29, 1.82) is 0 Å². The van der Waals surface area contributed by atoms with Crippen LogP contribution < -0.4 is 4.57 Å². The molecule has 1 aromatic heterocycles. The minimum absolute atomic E-state index is 1.09. The summed E-state index contributed by atoms with van der Waals surface area (Å²) >= 11 is 0. The van der Waals surface area contributed by atoms with Crippen LogP contribution in [0.5, 0.6) is 0 Å². The molecule has 0 aliphatic heterocycles. The molecule has 0 amide bonds. The molecule has 1 heterocycles. The van der Waals surface area contributed by atoms with Gasteiger partial charge in [0.15, 0.2) is 5.52 Å². The van der Waals surface area contributed by atoms with Crippen molar-refractivity contribution in [3.05, 3.63) is 71.5 Å². The zero-order valence-electron chi connectivity index (χ0n) is 14.6. The van der Waals surface area contributed by atoms with Gasteiger partial charge in [-0.1, -0.05) is 42.5 Å². The highest BCUT2D eigenvalue weighted by Gasteiger charge is 2.19. The van der Waals surface area contributed by atoms with Crippen LogP contribution in [-0.2, 0) is 7.05 Å². The van der Waals surface area contributed by atoms with Crippen molar-refractivity contribution in [1.82, 2.24) is 4.98 Å². The van der Waals surface area contributed by atoms with Crippen LogP contribution >= 0.6 is 0 Å². The van der Waals surface area contributed by atoms with Crippen molar-refractivity contribution in [3.8, 4) is 11.3 Å². The SMILES string of the molecule is Cc1cccc(-c2c3cc4ccccc4c(C)c3nc[n+]2C)c1C.